The molecule has 0 N–H and O–H groups in total. The van der Waals surface area contributed by atoms with E-state index in [0.29, 0.717) is 30.7 Å². The van der Waals surface area contributed by atoms with E-state index in [1.165, 1.54) is 0 Å². The Morgan fingerprint density at radius 2 is 1.87 bits per heavy atom. The van der Waals surface area contributed by atoms with Crippen LogP contribution in [0.25, 0.3) is 11.0 Å². The van der Waals surface area contributed by atoms with Crippen LogP contribution in [0.3, 0.4) is 0 Å². The maximum atomic E-state index is 13.1. The Kier molecular flexibility index (Phi) is 5.53. The van der Waals surface area contributed by atoms with Crippen molar-refractivity contribution < 1.29 is 9.53 Å². The minimum Gasteiger partial charge on any atom is -0.489 e. The van der Waals surface area contributed by atoms with Crippen LogP contribution in [0, 0.1) is 13.8 Å². The maximum Gasteiger partial charge on any atom is 0.259 e. The van der Waals surface area contributed by atoms with Gasteiger partial charge in [0.2, 0.25) is 5.43 Å². The highest BCUT2D eigenvalue weighted by atomic mass is 16.5. The zero-order valence-corrected chi connectivity index (χ0v) is 17.6. The topological polar surface area (TPSA) is 77.3 Å². The van der Waals surface area contributed by atoms with Crippen molar-refractivity contribution in [3.63, 3.8) is 0 Å². The van der Waals surface area contributed by atoms with E-state index in [1.54, 1.807) is 29.4 Å². The molecule has 1 aliphatic rings. The lowest BCUT2D eigenvalue weighted by atomic mass is 10.1. The van der Waals surface area contributed by atoms with Gasteiger partial charge >= 0.3 is 0 Å². The third kappa shape index (κ3) is 3.92. The average Bonchev–Trinajstić information content (AvgIpc) is 2.76. The van der Waals surface area contributed by atoms with E-state index in [2.05, 4.69) is 9.97 Å². The van der Waals surface area contributed by atoms with E-state index in [0.717, 1.165) is 30.0 Å². The fraction of sp³-hybridized carbons (Fsp3) is 0.391. The van der Waals surface area contributed by atoms with Gasteiger partial charge in [0.15, 0.2) is 0 Å². The molecule has 30 heavy (non-hydrogen) atoms. The van der Waals surface area contributed by atoms with Crippen molar-refractivity contribution in [3.05, 3.63) is 63.8 Å². The lowest BCUT2D eigenvalue weighted by molar-refractivity contribution is 0.0593. The Labute approximate surface area is 175 Å². The molecule has 0 atom stereocenters. The highest BCUT2D eigenvalue weighted by Crippen LogP contribution is 2.20. The Bertz CT molecular complexity index is 1130. The predicted molar refractivity (Wildman–Crippen MR) is 115 cm³/mol. The van der Waals surface area contributed by atoms with Crippen LogP contribution < -0.4 is 10.2 Å². The van der Waals surface area contributed by atoms with Crippen LogP contribution in [-0.2, 0) is 6.54 Å². The van der Waals surface area contributed by atoms with Crippen molar-refractivity contribution >= 4 is 16.9 Å². The number of carbonyl (C=O) groups is 1. The molecule has 0 unspecified atom stereocenters. The van der Waals surface area contributed by atoms with Crippen LogP contribution in [-0.4, -0.2) is 44.5 Å². The van der Waals surface area contributed by atoms with Gasteiger partial charge in [-0.3, -0.25) is 14.6 Å². The second-order valence-electron chi connectivity index (χ2n) is 7.73. The number of rotatable bonds is 4. The smallest absolute Gasteiger partial charge is 0.259 e. The first-order valence-corrected chi connectivity index (χ1v) is 10.4. The molecule has 0 saturated carbocycles. The quantitative estimate of drug-likeness (QED) is 0.665. The molecule has 1 saturated heterocycles. The first-order valence-electron chi connectivity index (χ1n) is 10.4. The summed E-state index contributed by atoms with van der Waals surface area (Å²) in [7, 11) is 0. The number of fused-ring (bicyclic) bond motifs is 1. The molecule has 1 fully saturated rings. The Hall–Kier alpha value is -3.22. The van der Waals surface area contributed by atoms with E-state index in [-0.39, 0.29) is 23.0 Å². The largest absolute Gasteiger partial charge is 0.489 e. The lowest BCUT2D eigenvalue weighted by Gasteiger charge is -2.32. The zero-order valence-electron chi connectivity index (χ0n) is 17.6. The van der Waals surface area contributed by atoms with Crippen molar-refractivity contribution in [2.45, 2.75) is 46.3 Å². The number of hydrogen-bond donors (Lipinski definition) is 0. The standard InChI is InChI=1S/C23H26N4O3/c1-4-26-14-20(21(28)19-8-6-16(3)25-22(19)26)23(29)27-11-9-17(10-12-27)30-18-7-5-15(2)24-13-18/h5-8,13-14,17H,4,9-12H2,1-3H3. The Morgan fingerprint density at radius 1 is 1.13 bits per heavy atom. The van der Waals surface area contributed by atoms with Gasteiger partial charge in [-0.05, 0) is 45.0 Å². The van der Waals surface area contributed by atoms with E-state index in [1.807, 2.05) is 37.5 Å². The van der Waals surface area contributed by atoms with Crippen LogP contribution in [0.5, 0.6) is 5.75 Å². The van der Waals surface area contributed by atoms with Crippen LogP contribution in [0.1, 0.15) is 41.5 Å². The third-order valence-corrected chi connectivity index (χ3v) is 5.55. The summed E-state index contributed by atoms with van der Waals surface area (Å²) in [4.78, 5) is 36.6. The summed E-state index contributed by atoms with van der Waals surface area (Å²) in [5, 5.41) is 0.485. The van der Waals surface area contributed by atoms with Gasteiger partial charge in [-0.1, -0.05) is 0 Å². The molecule has 0 aromatic carbocycles. The van der Waals surface area contributed by atoms with Gasteiger partial charge in [-0.15, -0.1) is 0 Å². The van der Waals surface area contributed by atoms with Gasteiger partial charge in [0.1, 0.15) is 23.1 Å². The Balaban J connectivity index is 1.51. The molecule has 4 heterocycles. The summed E-state index contributed by atoms with van der Waals surface area (Å²) < 4.78 is 7.87. The molecule has 7 heteroatoms. The van der Waals surface area contributed by atoms with Crippen LogP contribution >= 0.6 is 0 Å². The summed E-state index contributed by atoms with van der Waals surface area (Å²) in [5.41, 5.74) is 2.36. The van der Waals surface area contributed by atoms with E-state index < -0.39 is 0 Å². The third-order valence-electron chi connectivity index (χ3n) is 5.55. The summed E-state index contributed by atoms with van der Waals surface area (Å²) in [6.07, 6.45) is 4.85. The van der Waals surface area contributed by atoms with Crippen molar-refractivity contribution in [1.82, 2.24) is 19.4 Å². The van der Waals surface area contributed by atoms with Crippen molar-refractivity contribution in [3.8, 4) is 5.75 Å². The average molecular weight is 406 g/mol. The van der Waals surface area contributed by atoms with E-state index >= 15 is 0 Å². The molecule has 1 aliphatic heterocycles. The highest BCUT2D eigenvalue weighted by Gasteiger charge is 2.27. The van der Waals surface area contributed by atoms with Crippen molar-refractivity contribution in [2.75, 3.05) is 13.1 Å². The summed E-state index contributed by atoms with van der Waals surface area (Å²) in [6, 6.07) is 7.40. The Morgan fingerprint density at radius 3 is 2.53 bits per heavy atom. The highest BCUT2D eigenvalue weighted by molar-refractivity contribution is 5.97. The van der Waals surface area contributed by atoms with Gasteiger partial charge < -0.3 is 14.2 Å². The number of ether oxygens (including phenoxy) is 1. The number of carbonyl (C=O) groups excluding carboxylic acids is 1. The molecule has 7 nitrogen and oxygen atoms in total. The molecular weight excluding hydrogens is 380 g/mol. The minimum atomic E-state index is -0.253. The van der Waals surface area contributed by atoms with Crippen molar-refractivity contribution in [1.29, 1.82) is 0 Å². The first-order chi connectivity index (χ1) is 14.5. The van der Waals surface area contributed by atoms with Gasteiger partial charge in [0, 0.05) is 50.1 Å². The first kappa shape index (κ1) is 20.1. The van der Waals surface area contributed by atoms with E-state index in [4.69, 9.17) is 4.74 Å². The molecule has 0 spiro atoms. The SMILES string of the molecule is CCn1cc(C(=O)N2CCC(Oc3ccc(C)nc3)CC2)c(=O)c2ccc(C)nc21. The number of likely N-dealkylation sites (tertiary alicyclic amines) is 1. The van der Waals surface area contributed by atoms with Crippen molar-refractivity contribution in [2.24, 2.45) is 0 Å². The number of aryl methyl sites for hydroxylation is 3. The van der Waals surface area contributed by atoms with Gasteiger partial charge in [-0.25, -0.2) is 4.98 Å². The van der Waals surface area contributed by atoms with Crippen LogP contribution in [0.15, 0.2) is 41.5 Å². The monoisotopic (exact) mass is 406 g/mol. The maximum absolute atomic E-state index is 13.1. The van der Waals surface area contributed by atoms with Gasteiger partial charge in [-0.2, -0.15) is 0 Å². The van der Waals surface area contributed by atoms with Gasteiger partial charge in [0.25, 0.3) is 5.91 Å². The lowest BCUT2D eigenvalue weighted by Crippen LogP contribution is -2.43. The number of aromatic nitrogens is 3. The normalized spacial score (nSPS) is 14.8. The molecule has 0 radical (unpaired) electrons. The number of amides is 1. The molecule has 0 bridgehead atoms. The van der Waals surface area contributed by atoms with E-state index in [9.17, 15) is 9.59 Å². The summed E-state index contributed by atoms with van der Waals surface area (Å²) in [6.45, 7) is 7.54. The van der Waals surface area contributed by atoms with Crippen LogP contribution in [0.2, 0.25) is 0 Å². The molecular formula is C23H26N4O3. The number of hydrogen-bond acceptors (Lipinski definition) is 5. The second kappa shape index (κ2) is 8.26. The fourth-order valence-corrected chi connectivity index (χ4v) is 3.82. The minimum absolute atomic E-state index is 0.0367. The summed E-state index contributed by atoms with van der Waals surface area (Å²) in [5.74, 6) is 0.522. The predicted octanol–water partition coefficient (Wildman–Crippen LogP) is 3.11. The second-order valence-corrected chi connectivity index (χ2v) is 7.73. The molecule has 156 valence electrons. The molecule has 3 aromatic rings. The molecule has 0 aliphatic carbocycles. The number of pyridine rings is 3. The fourth-order valence-electron chi connectivity index (χ4n) is 3.82. The molecule has 3 aromatic heterocycles. The molecule has 1 amide bonds. The number of piperidine rings is 1. The zero-order chi connectivity index (χ0) is 21.3. The molecule has 4 rings (SSSR count). The summed E-state index contributed by atoms with van der Waals surface area (Å²) >= 11 is 0. The van der Waals surface area contributed by atoms with Crippen LogP contribution in [0.4, 0.5) is 0 Å². The number of nitrogens with zero attached hydrogens (tertiary/aromatic N) is 4. The van der Waals surface area contributed by atoms with Gasteiger partial charge in [0.05, 0.1) is 11.6 Å².